The largest absolute Gasteiger partial charge is 0.462 e. The van der Waals surface area contributed by atoms with Gasteiger partial charge in [-0.2, -0.15) is 0 Å². The lowest BCUT2D eigenvalue weighted by Gasteiger charge is -2.42. The first-order valence-corrected chi connectivity index (χ1v) is 26.6. The predicted octanol–water partition coefficient (Wildman–Crippen LogP) is 7.71. The van der Waals surface area contributed by atoms with Crippen LogP contribution < -0.4 is 0 Å². The van der Waals surface area contributed by atoms with Gasteiger partial charge in [-0.1, -0.05) is 153 Å². The first-order chi connectivity index (χ1) is 33.0. The summed E-state index contributed by atoms with van der Waals surface area (Å²) in [4.78, 5) is 25.7. The molecule has 2 fully saturated rings. The van der Waals surface area contributed by atoms with Gasteiger partial charge < -0.3 is 64.2 Å². The lowest BCUT2D eigenvalue weighted by Crippen LogP contribution is -2.61. The second-order valence-corrected chi connectivity index (χ2v) is 18.7. The quantitative estimate of drug-likeness (QED) is 0.0177. The lowest BCUT2D eigenvalue weighted by molar-refractivity contribution is -0.332. The summed E-state index contributed by atoms with van der Waals surface area (Å²) in [5.41, 5.74) is 0. The number of carbonyl (C=O) groups is 2. The number of hydrogen-bond donors (Lipinski definition) is 7. The third-order valence-electron chi connectivity index (χ3n) is 12.6. The molecule has 0 aromatic carbocycles. The molecular formula is C53H94O15. The van der Waals surface area contributed by atoms with Crippen molar-refractivity contribution in [3.63, 3.8) is 0 Å². The van der Waals surface area contributed by atoms with E-state index in [4.69, 9.17) is 28.4 Å². The van der Waals surface area contributed by atoms with Crippen LogP contribution in [-0.2, 0) is 38.0 Å². The van der Waals surface area contributed by atoms with E-state index in [0.717, 1.165) is 32.1 Å². The van der Waals surface area contributed by atoms with Crippen molar-refractivity contribution in [3.8, 4) is 0 Å². The zero-order valence-corrected chi connectivity index (χ0v) is 41.8. The first-order valence-electron chi connectivity index (χ1n) is 26.6. The van der Waals surface area contributed by atoms with Crippen LogP contribution in [0.5, 0.6) is 0 Å². The number of unbranched alkanes of at least 4 members (excludes halogenated alkanes) is 21. The molecule has 2 heterocycles. The second-order valence-electron chi connectivity index (χ2n) is 18.7. The van der Waals surface area contributed by atoms with E-state index in [9.17, 15) is 45.3 Å². The average molecular weight is 971 g/mol. The molecule has 2 saturated heterocycles. The van der Waals surface area contributed by atoms with Crippen LogP contribution in [0.1, 0.15) is 194 Å². The van der Waals surface area contributed by atoms with Crippen LogP contribution in [0.3, 0.4) is 0 Å². The molecule has 2 aliphatic rings. The molecule has 0 bridgehead atoms. The Labute approximate surface area is 408 Å². The summed E-state index contributed by atoms with van der Waals surface area (Å²) < 4.78 is 33.5. The number of aliphatic hydroxyl groups excluding tert-OH is 7. The van der Waals surface area contributed by atoms with E-state index in [0.29, 0.717) is 19.3 Å². The molecule has 15 nitrogen and oxygen atoms in total. The van der Waals surface area contributed by atoms with Crippen molar-refractivity contribution >= 4 is 11.9 Å². The van der Waals surface area contributed by atoms with Crippen molar-refractivity contribution in [3.05, 3.63) is 36.5 Å². The Morgan fingerprint density at radius 2 is 0.897 bits per heavy atom. The fourth-order valence-electron chi connectivity index (χ4n) is 8.19. The summed E-state index contributed by atoms with van der Waals surface area (Å²) in [6.45, 7) is 2.53. The van der Waals surface area contributed by atoms with Gasteiger partial charge >= 0.3 is 11.9 Å². The number of ether oxygens (including phenoxy) is 6. The van der Waals surface area contributed by atoms with Crippen molar-refractivity contribution in [1.29, 1.82) is 0 Å². The van der Waals surface area contributed by atoms with E-state index in [1.807, 2.05) is 6.08 Å². The molecule has 0 aromatic rings. The Morgan fingerprint density at radius 3 is 1.43 bits per heavy atom. The van der Waals surface area contributed by atoms with Crippen LogP contribution in [0.4, 0.5) is 0 Å². The Balaban J connectivity index is 1.83. The molecule has 68 heavy (non-hydrogen) atoms. The van der Waals surface area contributed by atoms with Gasteiger partial charge in [0, 0.05) is 12.8 Å². The Bertz CT molecular complexity index is 1330. The maximum Gasteiger partial charge on any atom is 0.306 e. The summed E-state index contributed by atoms with van der Waals surface area (Å²) in [6.07, 6.45) is 26.1. The van der Waals surface area contributed by atoms with Gasteiger partial charge in [0.05, 0.1) is 19.8 Å². The zero-order valence-electron chi connectivity index (χ0n) is 41.8. The van der Waals surface area contributed by atoms with Crippen molar-refractivity contribution < 1.29 is 73.8 Å². The molecule has 11 atom stereocenters. The van der Waals surface area contributed by atoms with E-state index in [-0.39, 0.29) is 19.4 Å². The Morgan fingerprint density at radius 1 is 0.471 bits per heavy atom. The zero-order chi connectivity index (χ0) is 49.6. The smallest absolute Gasteiger partial charge is 0.306 e. The number of carbonyl (C=O) groups excluding carboxylic acids is 2. The van der Waals surface area contributed by atoms with Crippen LogP contribution >= 0.6 is 0 Å². The number of allylic oxidation sites excluding steroid dienone is 6. The monoisotopic (exact) mass is 971 g/mol. The highest BCUT2D eigenvalue weighted by Gasteiger charge is 2.47. The van der Waals surface area contributed by atoms with Crippen LogP contribution in [0.25, 0.3) is 0 Å². The second kappa shape index (κ2) is 40.3. The molecule has 7 N–H and O–H groups in total. The minimum Gasteiger partial charge on any atom is -0.462 e. The minimum absolute atomic E-state index is 0.127. The Hall–Kier alpha value is -2.28. The maximum absolute atomic E-state index is 13.0. The third kappa shape index (κ3) is 27.9. The number of esters is 2. The van der Waals surface area contributed by atoms with Gasteiger partial charge in [0.1, 0.15) is 55.4 Å². The SMILES string of the molecule is CCCCCCCCCCC/C=C/C/C=C/CCCC(=O)OC[C@@H](CO[C@@H]1O[C@H](CO[C@@H]2O[C@H](CO)[C@H](O)C(O)C2O)[C@H](O)C(O)C1O)OC(=O)CCCC/C=C/CCCCCCCCCCC. The van der Waals surface area contributed by atoms with Gasteiger partial charge in [0.25, 0.3) is 0 Å². The predicted molar refractivity (Wildman–Crippen MR) is 261 cm³/mol. The first kappa shape index (κ1) is 61.8. The average Bonchev–Trinajstić information content (AvgIpc) is 3.33. The summed E-state index contributed by atoms with van der Waals surface area (Å²) >= 11 is 0. The highest BCUT2D eigenvalue weighted by Crippen LogP contribution is 2.26. The number of rotatable bonds is 41. The molecule has 15 heteroatoms. The van der Waals surface area contributed by atoms with Crippen LogP contribution in [0, 0.1) is 0 Å². The standard InChI is InChI=1S/C53H94O15/c1-3-5-7-9-11-13-15-17-19-20-22-23-25-27-29-31-33-35-44(55)63-38-41(66-45(56)36-34-32-30-28-26-24-21-18-16-14-12-10-8-6-4-2)39-64-52-51(62)49(60)47(58)43(68-52)40-65-53-50(61)48(59)46(57)42(37-54)67-53/h22-23,26-29,41-43,46-54,57-62H,3-21,24-25,30-40H2,1-2H3/b23-22+,28-26+,29-27+/t41-,42+,43+,46-,47-,48?,49?,50?,51?,52+,53+/m0/s1. The lowest BCUT2D eigenvalue weighted by atomic mass is 9.98. The van der Waals surface area contributed by atoms with E-state index < -0.39 is 99.3 Å². The van der Waals surface area contributed by atoms with Gasteiger partial charge in [0.15, 0.2) is 18.7 Å². The minimum atomic E-state index is -1.77. The van der Waals surface area contributed by atoms with E-state index in [2.05, 4.69) is 44.2 Å². The van der Waals surface area contributed by atoms with E-state index in [1.54, 1.807) is 0 Å². The van der Waals surface area contributed by atoms with Gasteiger partial charge in [0.2, 0.25) is 0 Å². The normalized spacial score (nSPS) is 26.0. The molecule has 2 aliphatic heterocycles. The molecule has 396 valence electrons. The molecule has 4 unspecified atom stereocenters. The van der Waals surface area contributed by atoms with Crippen molar-refractivity contribution in [2.45, 2.75) is 261 Å². The molecule has 0 aromatic heterocycles. The molecule has 0 aliphatic carbocycles. The molecule has 2 rings (SSSR count). The number of hydrogen-bond acceptors (Lipinski definition) is 15. The number of aliphatic hydroxyl groups is 7. The summed E-state index contributed by atoms with van der Waals surface area (Å²) in [7, 11) is 0. The summed E-state index contributed by atoms with van der Waals surface area (Å²) in [5.74, 6) is -1.00. The maximum atomic E-state index is 13.0. The molecule has 0 spiro atoms. The van der Waals surface area contributed by atoms with Gasteiger partial charge in [-0.15, -0.1) is 0 Å². The van der Waals surface area contributed by atoms with Crippen molar-refractivity contribution in [1.82, 2.24) is 0 Å². The fourth-order valence-corrected chi connectivity index (χ4v) is 8.19. The highest BCUT2D eigenvalue weighted by atomic mass is 16.7. The Kier molecular flexibility index (Phi) is 36.7. The van der Waals surface area contributed by atoms with Gasteiger partial charge in [-0.25, -0.2) is 0 Å². The van der Waals surface area contributed by atoms with Crippen molar-refractivity contribution in [2.24, 2.45) is 0 Å². The van der Waals surface area contributed by atoms with Crippen LogP contribution in [-0.4, -0.2) is 142 Å². The van der Waals surface area contributed by atoms with E-state index in [1.165, 1.54) is 116 Å². The summed E-state index contributed by atoms with van der Waals surface area (Å²) in [6, 6.07) is 0. The topological polar surface area (TPSA) is 231 Å². The van der Waals surface area contributed by atoms with E-state index >= 15 is 0 Å². The fraction of sp³-hybridized carbons (Fsp3) is 0.849. The van der Waals surface area contributed by atoms with Crippen LogP contribution in [0.2, 0.25) is 0 Å². The summed E-state index contributed by atoms with van der Waals surface area (Å²) in [5, 5.41) is 72.1. The molecule has 0 radical (unpaired) electrons. The molecule has 0 saturated carbocycles. The molecular weight excluding hydrogens is 877 g/mol. The highest BCUT2D eigenvalue weighted by molar-refractivity contribution is 5.70. The molecule has 0 amide bonds. The van der Waals surface area contributed by atoms with Gasteiger partial charge in [-0.3, -0.25) is 9.59 Å². The van der Waals surface area contributed by atoms with Gasteiger partial charge in [-0.05, 0) is 64.2 Å². The third-order valence-corrected chi connectivity index (χ3v) is 12.6. The van der Waals surface area contributed by atoms with Crippen LogP contribution in [0.15, 0.2) is 36.5 Å². The van der Waals surface area contributed by atoms with Crippen molar-refractivity contribution in [2.75, 3.05) is 26.4 Å².